The van der Waals surface area contributed by atoms with Crippen molar-refractivity contribution in [3.05, 3.63) is 101 Å². The second-order valence-corrected chi connectivity index (χ2v) is 9.51. The van der Waals surface area contributed by atoms with Crippen LogP contribution in [0.5, 0.6) is 0 Å². The highest BCUT2D eigenvalue weighted by atomic mass is 32.2. The molecule has 0 aromatic heterocycles. The Labute approximate surface area is 204 Å². The van der Waals surface area contributed by atoms with E-state index in [0.717, 1.165) is 25.3 Å². The summed E-state index contributed by atoms with van der Waals surface area (Å²) >= 11 is 0. The minimum atomic E-state index is -4.75. The molecule has 7 nitrogen and oxygen atoms in total. The number of esters is 1. The summed E-state index contributed by atoms with van der Waals surface area (Å²) in [5.74, 6) is -2.11. The van der Waals surface area contributed by atoms with Crippen LogP contribution < -0.4 is 5.32 Å². The minimum absolute atomic E-state index is 0.167. The fourth-order valence-electron chi connectivity index (χ4n) is 3.91. The van der Waals surface area contributed by atoms with Crippen molar-refractivity contribution in [3.63, 3.8) is 0 Å². The van der Waals surface area contributed by atoms with Crippen LogP contribution in [0.1, 0.15) is 16.7 Å². The molecule has 0 atom stereocenters. The highest BCUT2D eigenvalue weighted by Crippen LogP contribution is 2.41. The van der Waals surface area contributed by atoms with Crippen molar-refractivity contribution in [2.24, 2.45) is 0 Å². The van der Waals surface area contributed by atoms with Gasteiger partial charge < -0.3 is 10.1 Å². The average Bonchev–Trinajstić information content (AvgIpc) is 2.85. The zero-order valence-electron chi connectivity index (χ0n) is 18.7. The van der Waals surface area contributed by atoms with E-state index in [1.807, 2.05) is 0 Å². The molecule has 1 aliphatic rings. The lowest BCUT2D eigenvalue weighted by atomic mass is 9.95. The molecule has 0 fully saturated rings. The van der Waals surface area contributed by atoms with Gasteiger partial charge in [0.15, 0.2) is 0 Å². The van der Waals surface area contributed by atoms with Crippen LogP contribution in [-0.2, 0) is 30.5 Å². The van der Waals surface area contributed by atoms with Crippen molar-refractivity contribution in [1.29, 1.82) is 0 Å². The molecule has 0 aliphatic carbocycles. The maximum atomic E-state index is 13.6. The number of hydrogen-bond donors (Lipinski definition) is 1. The number of benzene rings is 3. The van der Waals surface area contributed by atoms with Gasteiger partial charge in [0.25, 0.3) is 10.0 Å². The van der Waals surface area contributed by atoms with E-state index in [4.69, 9.17) is 4.74 Å². The first-order chi connectivity index (χ1) is 17.1. The molecule has 3 aromatic rings. The van der Waals surface area contributed by atoms with E-state index in [1.165, 1.54) is 24.3 Å². The number of carbonyl (C=O) groups excluding carboxylic acids is 2. The fraction of sp³-hybridized carbons (Fsp3) is 0.120. The van der Waals surface area contributed by atoms with Gasteiger partial charge in [0.2, 0.25) is 5.91 Å². The number of halogens is 3. The van der Waals surface area contributed by atoms with Crippen LogP contribution in [0, 0.1) is 0 Å². The molecule has 0 spiro atoms. The van der Waals surface area contributed by atoms with Crippen molar-refractivity contribution in [2.45, 2.75) is 11.1 Å². The maximum absolute atomic E-state index is 13.6. The molecule has 3 aromatic carbocycles. The molecule has 36 heavy (non-hydrogen) atoms. The summed E-state index contributed by atoms with van der Waals surface area (Å²) in [6.45, 7) is -0.969. The molecule has 1 N–H and O–H groups in total. The van der Waals surface area contributed by atoms with E-state index in [2.05, 4.69) is 5.32 Å². The van der Waals surface area contributed by atoms with E-state index < -0.39 is 51.6 Å². The van der Waals surface area contributed by atoms with Crippen molar-refractivity contribution >= 4 is 33.2 Å². The van der Waals surface area contributed by atoms with Crippen LogP contribution in [0.3, 0.4) is 0 Å². The summed E-state index contributed by atoms with van der Waals surface area (Å²) in [5, 5.41) is 2.12. The molecule has 11 heteroatoms. The third kappa shape index (κ3) is 4.57. The van der Waals surface area contributed by atoms with Gasteiger partial charge in [-0.25, -0.2) is 17.5 Å². The predicted octanol–water partition coefficient (Wildman–Crippen LogP) is 4.28. The molecule has 0 saturated carbocycles. The zero-order valence-corrected chi connectivity index (χ0v) is 19.6. The first-order valence-electron chi connectivity index (χ1n) is 10.5. The second-order valence-electron chi connectivity index (χ2n) is 7.68. The molecule has 186 valence electrons. The van der Waals surface area contributed by atoms with Gasteiger partial charge in [0.1, 0.15) is 12.2 Å². The van der Waals surface area contributed by atoms with Crippen LogP contribution in [0.2, 0.25) is 0 Å². The van der Waals surface area contributed by atoms with E-state index in [9.17, 15) is 31.2 Å². The second kappa shape index (κ2) is 9.50. The zero-order chi connectivity index (χ0) is 26.1. The topological polar surface area (TPSA) is 92.8 Å². The number of para-hydroxylation sites is 1. The molecule has 1 amide bonds. The van der Waals surface area contributed by atoms with Gasteiger partial charge in [0, 0.05) is 11.1 Å². The Morgan fingerprint density at radius 1 is 0.917 bits per heavy atom. The van der Waals surface area contributed by atoms with Crippen LogP contribution in [0.25, 0.3) is 5.57 Å². The predicted molar refractivity (Wildman–Crippen MR) is 125 cm³/mol. The van der Waals surface area contributed by atoms with E-state index in [-0.39, 0.29) is 16.0 Å². The Bertz CT molecular complexity index is 1470. The molecule has 4 rings (SSSR count). The summed E-state index contributed by atoms with van der Waals surface area (Å²) in [7, 11) is -3.40. The Morgan fingerprint density at radius 2 is 1.53 bits per heavy atom. The summed E-state index contributed by atoms with van der Waals surface area (Å²) in [6.07, 6.45) is -4.75. The highest BCUT2D eigenvalue weighted by molar-refractivity contribution is 7.89. The minimum Gasteiger partial charge on any atom is -0.464 e. The van der Waals surface area contributed by atoms with Crippen LogP contribution >= 0.6 is 0 Å². The third-order valence-electron chi connectivity index (χ3n) is 5.45. The lowest BCUT2D eigenvalue weighted by molar-refractivity contribution is -0.137. The number of fused-ring (bicyclic) bond motifs is 1. The average molecular weight is 516 g/mol. The SMILES string of the molecule is COC(=O)C1=C(c2ccccc2)c2ccccc2S(=O)(=O)N1CC(=O)Nc1ccccc1C(F)(F)F. The smallest absolute Gasteiger partial charge is 0.418 e. The monoisotopic (exact) mass is 516 g/mol. The quantitative estimate of drug-likeness (QED) is 0.511. The van der Waals surface area contributed by atoms with Crippen molar-refractivity contribution in [3.8, 4) is 0 Å². The molecular formula is C25H19F3N2O5S. The Kier molecular flexibility index (Phi) is 6.59. The number of hydrogen-bond acceptors (Lipinski definition) is 5. The normalized spacial score (nSPS) is 14.7. The van der Waals surface area contributed by atoms with Crippen molar-refractivity contribution in [1.82, 2.24) is 4.31 Å². The van der Waals surface area contributed by atoms with E-state index in [1.54, 1.807) is 36.4 Å². The summed E-state index contributed by atoms with van der Waals surface area (Å²) in [4.78, 5) is 25.7. The van der Waals surface area contributed by atoms with Gasteiger partial charge in [0.05, 0.1) is 23.3 Å². The van der Waals surface area contributed by atoms with Gasteiger partial charge in [-0.15, -0.1) is 0 Å². The first-order valence-corrected chi connectivity index (χ1v) is 12.0. The number of carbonyl (C=O) groups is 2. The molecule has 1 aliphatic heterocycles. The van der Waals surface area contributed by atoms with Crippen LogP contribution in [-0.4, -0.2) is 38.3 Å². The van der Waals surface area contributed by atoms with Gasteiger partial charge in [-0.1, -0.05) is 60.7 Å². The van der Waals surface area contributed by atoms with Crippen LogP contribution in [0.15, 0.2) is 89.5 Å². The number of nitrogens with one attached hydrogen (secondary N) is 1. The Hall–Kier alpha value is -4.12. The van der Waals surface area contributed by atoms with Crippen molar-refractivity contribution in [2.75, 3.05) is 19.0 Å². The lowest BCUT2D eigenvalue weighted by Crippen LogP contribution is -2.43. The van der Waals surface area contributed by atoms with Gasteiger partial charge in [-0.05, 0) is 23.8 Å². The molecule has 1 heterocycles. The molecule has 0 radical (unpaired) electrons. The number of rotatable bonds is 5. The van der Waals surface area contributed by atoms with E-state index in [0.29, 0.717) is 9.87 Å². The summed E-state index contributed by atoms with van der Waals surface area (Å²) in [5.41, 5.74) is -1.16. The standard InChI is InChI=1S/C25H19F3N2O5S/c1-35-24(32)23-22(16-9-3-2-4-10-16)17-11-5-8-14-20(17)36(33,34)30(23)15-21(31)29-19-13-7-6-12-18(19)25(26,27)28/h2-14H,15H2,1H3,(H,29,31). The largest absolute Gasteiger partial charge is 0.464 e. The van der Waals surface area contributed by atoms with Crippen molar-refractivity contribution < 1.29 is 35.9 Å². The van der Waals surface area contributed by atoms with Gasteiger partial charge >= 0.3 is 12.1 Å². The van der Waals surface area contributed by atoms with Gasteiger partial charge in [-0.3, -0.25) is 4.79 Å². The molecule has 0 unspecified atom stereocenters. The molecule has 0 bridgehead atoms. The fourth-order valence-corrected chi connectivity index (χ4v) is 5.54. The number of nitrogens with zero attached hydrogens (tertiary/aromatic N) is 1. The molecular weight excluding hydrogens is 497 g/mol. The highest BCUT2D eigenvalue weighted by Gasteiger charge is 2.42. The summed E-state index contributed by atoms with van der Waals surface area (Å²) in [6, 6.07) is 18.7. The van der Waals surface area contributed by atoms with Gasteiger partial charge in [-0.2, -0.15) is 13.2 Å². The number of amides is 1. The maximum Gasteiger partial charge on any atom is 0.418 e. The lowest BCUT2D eigenvalue weighted by Gasteiger charge is -2.32. The third-order valence-corrected chi connectivity index (χ3v) is 7.25. The summed E-state index contributed by atoms with van der Waals surface area (Å²) < 4.78 is 72.6. The first kappa shape index (κ1) is 25.0. The van der Waals surface area contributed by atoms with Crippen LogP contribution in [0.4, 0.5) is 18.9 Å². The number of alkyl halides is 3. The Morgan fingerprint density at radius 3 is 2.19 bits per heavy atom. The number of sulfonamides is 1. The molecule has 0 saturated heterocycles. The number of ether oxygens (including phenoxy) is 1. The number of anilines is 1. The number of methoxy groups -OCH3 is 1. The van der Waals surface area contributed by atoms with E-state index >= 15 is 0 Å². The Balaban J connectivity index is 1.85.